The van der Waals surface area contributed by atoms with Crippen LogP contribution in [0.3, 0.4) is 0 Å². The molecular formula is C25H25F3N4O4. The van der Waals surface area contributed by atoms with E-state index in [1.54, 1.807) is 26.0 Å². The summed E-state index contributed by atoms with van der Waals surface area (Å²) in [6, 6.07) is 4.55. The minimum absolute atomic E-state index is 0.0369. The molecule has 190 valence electrons. The van der Waals surface area contributed by atoms with Crippen LogP contribution in [0.4, 0.5) is 24.8 Å². The zero-order valence-electron chi connectivity index (χ0n) is 20.1. The van der Waals surface area contributed by atoms with Gasteiger partial charge in [-0.2, -0.15) is 13.2 Å². The second-order valence-electron chi connectivity index (χ2n) is 9.95. The number of halogens is 3. The Morgan fingerprint density at radius 2 is 1.86 bits per heavy atom. The molecule has 2 aliphatic rings. The molecule has 5 rings (SSSR count). The second-order valence-corrected chi connectivity index (χ2v) is 9.95. The number of nitrogens with one attached hydrogen (secondary N) is 1. The van der Waals surface area contributed by atoms with Crippen molar-refractivity contribution in [1.29, 1.82) is 0 Å². The lowest BCUT2D eigenvalue weighted by molar-refractivity contribution is -0.258. The van der Waals surface area contributed by atoms with Gasteiger partial charge < -0.3 is 19.9 Å². The molecule has 0 bridgehead atoms. The van der Waals surface area contributed by atoms with E-state index < -0.39 is 28.9 Å². The number of nitrogens with zero attached hydrogens (tertiary/aromatic N) is 3. The highest BCUT2D eigenvalue weighted by atomic mass is 19.4. The lowest BCUT2D eigenvalue weighted by atomic mass is 9.84. The van der Waals surface area contributed by atoms with Gasteiger partial charge in [0.15, 0.2) is 5.60 Å². The Bertz CT molecular complexity index is 1370. The summed E-state index contributed by atoms with van der Waals surface area (Å²) in [7, 11) is 0. The number of ether oxygens (including phenoxy) is 2. The van der Waals surface area contributed by atoms with Crippen LogP contribution >= 0.6 is 0 Å². The van der Waals surface area contributed by atoms with E-state index in [2.05, 4.69) is 20.3 Å². The maximum atomic E-state index is 13.7. The fourth-order valence-corrected chi connectivity index (χ4v) is 4.05. The Morgan fingerprint density at radius 1 is 1.14 bits per heavy atom. The average Bonchev–Trinajstić information content (AvgIpc) is 3.60. The van der Waals surface area contributed by atoms with Crippen LogP contribution in [0, 0.1) is 0 Å². The van der Waals surface area contributed by atoms with Crippen LogP contribution in [0.1, 0.15) is 68.1 Å². The van der Waals surface area contributed by atoms with E-state index in [-0.39, 0.29) is 34.5 Å². The topological polar surface area (TPSA) is 106 Å². The van der Waals surface area contributed by atoms with Gasteiger partial charge in [-0.05, 0) is 51.8 Å². The van der Waals surface area contributed by atoms with Crippen LogP contribution in [0.5, 0.6) is 5.88 Å². The Hall–Kier alpha value is -3.47. The van der Waals surface area contributed by atoms with E-state index in [4.69, 9.17) is 9.47 Å². The number of aromatic nitrogens is 3. The molecule has 1 aliphatic carbocycles. The van der Waals surface area contributed by atoms with Gasteiger partial charge in [0, 0.05) is 29.3 Å². The molecule has 4 heterocycles. The molecule has 0 radical (unpaired) electrons. The van der Waals surface area contributed by atoms with Crippen molar-refractivity contribution in [3.63, 3.8) is 0 Å². The van der Waals surface area contributed by atoms with Gasteiger partial charge in [-0.3, -0.25) is 0 Å². The van der Waals surface area contributed by atoms with E-state index in [1.807, 2.05) is 6.92 Å². The maximum absolute atomic E-state index is 13.7. The molecule has 0 amide bonds. The minimum Gasteiger partial charge on any atom is -0.474 e. The number of fused-ring (bicyclic) bond motifs is 2. The largest absolute Gasteiger partial charge is 0.474 e. The Labute approximate surface area is 204 Å². The molecule has 0 saturated heterocycles. The standard InChI is InChI=1S/C25H25F3N4O4/c1-12-20-14(22(33)36-23(12,2)3)7-8-18(32-20)31-19-9-15-16(10-29-19)21(35-13-5-6-13)30-11-17(15)24(4,34)25(26,27)28/h7-13,34H,5-6H2,1-4H3,(H,29,31,32)/t12-,24+/m1/s1. The molecule has 0 spiro atoms. The summed E-state index contributed by atoms with van der Waals surface area (Å²) in [5, 5.41) is 13.8. The van der Waals surface area contributed by atoms with Gasteiger partial charge in [0.2, 0.25) is 5.88 Å². The smallest absolute Gasteiger partial charge is 0.421 e. The van der Waals surface area contributed by atoms with E-state index in [9.17, 15) is 23.1 Å². The fourth-order valence-electron chi connectivity index (χ4n) is 4.05. The molecule has 3 aromatic heterocycles. The third-order valence-electron chi connectivity index (χ3n) is 6.82. The van der Waals surface area contributed by atoms with Crippen LogP contribution in [0.2, 0.25) is 0 Å². The monoisotopic (exact) mass is 502 g/mol. The van der Waals surface area contributed by atoms with Crippen LogP contribution < -0.4 is 10.1 Å². The second kappa shape index (κ2) is 8.02. The first-order valence-corrected chi connectivity index (χ1v) is 11.5. The van der Waals surface area contributed by atoms with Crippen molar-refractivity contribution >= 4 is 28.4 Å². The first-order chi connectivity index (χ1) is 16.8. The first kappa shape index (κ1) is 24.2. The lowest BCUT2D eigenvalue weighted by Gasteiger charge is -2.36. The molecule has 1 aliphatic heterocycles. The quantitative estimate of drug-likeness (QED) is 0.463. The fraction of sp³-hybridized carbons (Fsp3) is 0.440. The lowest BCUT2D eigenvalue weighted by Crippen LogP contribution is -2.39. The van der Waals surface area contributed by atoms with E-state index in [1.165, 1.54) is 12.3 Å². The summed E-state index contributed by atoms with van der Waals surface area (Å²) < 4.78 is 52.4. The van der Waals surface area contributed by atoms with E-state index >= 15 is 0 Å². The van der Waals surface area contributed by atoms with E-state index in [0.717, 1.165) is 19.0 Å². The molecule has 2 atom stereocenters. The molecule has 11 heteroatoms. The number of rotatable bonds is 5. The van der Waals surface area contributed by atoms with Crippen LogP contribution in [0.15, 0.2) is 30.6 Å². The van der Waals surface area contributed by atoms with Gasteiger partial charge >= 0.3 is 12.1 Å². The number of esters is 1. The Kier molecular flexibility index (Phi) is 5.40. The van der Waals surface area contributed by atoms with Crippen molar-refractivity contribution in [3.05, 3.63) is 47.4 Å². The summed E-state index contributed by atoms with van der Waals surface area (Å²) in [5.74, 6) is 0.0484. The number of carbonyl (C=O) groups excluding carboxylic acids is 1. The number of aliphatic hydroxyl groups is 1. The van der Waals surface area contributed by atoms with Gasteiger partial charge in [0.25, 0.3) is 0 Å². The van der Waals surface area contributed by atoms with Crippen LogP contribution in [0.25, 0.3) is 10.8 Å². The molecule has 3 aromatic rings. The highest BCUT2D eigenvalue weighted by Gasteiger charge is 2.52. The molecule has 1 fully saturated rings. The Morgan fingerprint density at radius 3 is 2.53 bits per heavy atom. The predicted molar refractivity (Wildman–Crippen MR) is 124 cm³/mol. The molecule has 0 unspecified atom stereocenters. The number of alkyl halides is 3. The zero-order chi connectivity index (χ0) is 26.0. The highest BCUT2D eigenvalue weighted by Crippen LogP contribution is 2.43. The van der Waals surface area contributed by atoms with Gasteiger partial charge in [-0.1, -0.05) is 6.92 Å². The maximum Gasteiger partial charge on any atom is 0.421 e. The van der Waals surface area contributed by atoms with Crippen molar-refractivity contribution in [1.82, 2.24) is 15.0 Å². The SMILES string of the molecule is C[C@@H]1c2nc(Nc3cc4c([C@](C)(O)C(F)(F)F)cnc(OC5CC5)c4cn3)ccc2C(=O)OC1(C)C. The van der Waals surface area contributed by atoms with Crippen LogP contribution in [-0.2, 0) is 10.3 Å². The summed E-state index contributed by atoms with van der Waals surface area (Å²) >= 11 is 0. The summed E-state index contributed by atoms with van der Waals surface area (Å²) in [6.45, 7) is 6.19. The average molecular weight is 502 g/mol. The minimum atomic E-state index is -4.94. The number of pyridine rings is 3. The number of anilines is 2. The molecule has 1 saturated carbocycles. The molecule has 36 heavy (non-hydrogen) atoms. The third kappa shape index (κ3) is 4.11. The third-order valence-corrected chi connectivity index (χ3v) is 6.82. The highest BCUT2D eigenvalue weighted by molar-refractivity contribution is 5.93. The van der Waals surface area contributed by atoms with Gasteiger partial charge in [0.05, 0.1) is 16.6 Å². The molecule has 0 aromatic carbocycles. The zero-order valence-corrected chi connectivity index (χ0v) is 20.1. The first-order valence-electron chi connectivity index (χ1n) is 11.5. The van der Waals surface area contributed by atoms with Crippen molar-refractivity contribution in [2.75, 3.05) is 5.32 Å². The van der Waals surface area contributed by atoms with E-state index in [0.29, 0.717) is 24.0 Å². The Balaban J connectivity index is 1.57. The summed E-state index contributed by atoms with van der Waals surface area (Å²) in [6.07, 6.45) is -0.945. The van der Waals surface area contributed by atoms with Crippen LogP contribution in [-0.4, -0.2) is 43.9 Å². The number of hydrogen-bond donors (Lipinski definition) is 2. The van der Waals surface area contributed by atoms with Crippen molar-refractivity contribution in [3.8, 4) is 5.88 Å². The van der Waals surface area contributed by atoms with Gasteiger partial charge in [-0.15, -0.1) is 0 Å². The van der Waals surface area contributed by atoms with Crippen molar-refractivity contribution in [2.24, 2.45) is 0 Å². The normalized spacial score (nSPS) is 20.9. The predicted octanol–water partition coefficient (Wildman–Crippen LogP) is 5.13. The number of carbonyl (C=O) groups is 1. The van der Waals surface area contributed by atoms with Crippen molar-refractivity contribution in [2.45, 2.75) is 69.9 Å². The van der Waals surface area contributed by atoms with Gasteiger partial charge in [-0.25, -0.2) is 19.7 Å². The number of hydrogen-bond acceptors (Lipinski definition) is 8. The molecule has 8 nitrogen and oxygen atoms in total. The number of cyclic esters (lactones) is 1. The molecular weight excluding hydrogens is 477 g/mol. The van der Waals surface area contributed by atoms with Crippen molar-refractivity contribution < 1.29 is 32.5 Å². The summed E-state index contributed by atoms with van der Waals surface area (Å²) in [5.41, 5.74) is -3.42. The summed E-state index contributed by atoms with van der Waals surface area (Å²) in [4.78, 5) is 25.3. The van der Waals surface area contributed by atoms with Gasteiger partial charge in [0.1, 0.15) is 23.3 Å². The molecule has 2 N–H and O–H groups in total.